The molecule has 1 aromatic carbocycles. The van der Waals surface area contributed by atoms with E-state index in [-0.39, 0.29) is 6.42 Å². The van der Waals surface area contributed by atoms with Gasteiger partial charge in [0.25, 0.3) is 0 Å². The van der Waals surface area contributed by atoms with Gasteiger partial charge < -0.3 is 5.11 Å². The number of rotatable bonds is 4. The molecule has 2 aromatic rings. The van der Waals surface area contributed by atoms with Crippen LogP contribution >= 0.6 is 0 Å². The maximum atomic E-state index is 13.4. The molecule has 0 saturated carbocycles. The van der Waals surface area contributed by atoms with Gasteiger partial charge in [0, 0.05) is 32.2 Å². The molecule has 5 heteroatoms. The average Bonchev–Trinajstić information content (AvgIpc) is 2.68. The summed E-state index contributed by atoms with van der Waals surface area (Å²) in [5.74, 6) is -1.24. The zero-order valence-electron chi connectivity index (χ0n) is 9.98. The molecule has 0 radical (unpaired) electrons. The van der Waals surface area contributed by atoms with Gasteiger partial charge in [-0.25, -0.2) is 8.78 Å². The maximum absolute atomic E-state index is 13.4. The van der Waals surface area contributed by atoms with Crippen LogP contribution in [0.3, 0.4) is 0 Å². The summed E-state index contributed by atoms with van der Waals surface area (Å²) in [7, 11) is 1.79. The Hall–Kier alpha value is -1.75. The van der Waals surface area contributed by atoms with E-state index in [1.165, 1.54) is 12.1 Å². The minimum atomic E-state index is -0.736. The third-order valence-electron chi connectivity index (χ3n) is 2.68. The van der Waals surface area contributed by atoms with Gasteiger partial charge in [-0.3, -0.25) is 4.68 Å². The molecule has 0 bridgehead atoms. The van der Waals surface area contributed by atoms with Gasteiger partial charge in [0.05, 0.1) is 11.8 Å². The van der Waals surface area contributed by atoms with E-state index >= 15 is 0 Å². The van der Waals surface area contributed by atoms with Crippen LogP contribution in [-0.2, 0) is 19.9 Å². The lowest BCUT2D eigenvalue weighted by Gasteiger charge is -2.09. The highest BCUT2D eigenvalue weighted by molar-refractivity contribution is 5.19. The van der Waals surface area contributed by atoms with Crippen molar-refractivity contribution in [3.63, 3.8) is 0 Å². The molecule has 18 heavy (non-hydrogen) atoms. The molecule has 96 valence electrons. The van der Waals surface area contributed by atoms with Gasteiger partial charge >= 0.3 is 0 Å². The lowest BCUT2D eigenvalue weighted by atomic mass is 10.0. The Kier molecular flexibility index (Phi) is 3.72. The van der Waals surface area contributed by atoms with Crippen molar-refractivity contribution in [2.45, 2.75) is 18.9 Å². The third-order valence-corrected chi connectivity index (χ3v) is 2.68. The van der Waals surface area contributed by atoms with E-state index in [2.05, 4.69) is 5.10 Å². The minimum absolute atomic E-state index is 0.142. The molecular weight excluding hydrogens is 238 g/mol. The molecular formula is C13H14F2N2O. The van der Waals surface area contributed by atoms with Gasteiger partial charge in [-0.2, -0.15) is 5.10 Å². The number of hydrogen-bond acceptors (Lipinski definition) is 2. The highest BCUT2D eigenvalue weighted by atomic mass is 19.1. The van der Waals surface area contributed by atoms with Crippen LogP contribution in [0.15, 0.2) is 30.5 Å². The van der Waals surface area contributed by atoms with Gasteiger partial charge in [-0.05, 0) is 17.7 Å². The summed E-state index contributed by atoms with van der Waals surface area (Å²) in [6, 6.07) is 5.16. The monoisotopic (exact) mass is 252 g/mol. The van der Waals surface area contributed by atoms with Gasteiger partial charge in [0.2, 0.25) is 0 Å². The van der Waals surface area contributed by atoms with Crippen molar-refractivity contribution in [1.29, 1.82) is 0 Å². The van der Waals surface area contributed by atoms with Gasteiger partial charge in [-0.1, -0.05) is 6.07 Å². The third kappa shape index (κ3) is 3.13. The van der Waals surface area contributed by atoms with Crippen molar-refractivity contribution in [3.05, 3.63) is 53.4 Å². The van der Waals surface area contributed by atoms with E-state index in [1.807, 2.05) is 0 Å². The number of aliphatic hydroxyl groups excluding tert-OH is 1. The molecule has 1 N–H and O–H groups in total. The van der Waals surface area contributed by atoms with Crippen LogP contribution in [0.2, 0.25) is 0 Å². The van der Waals surface area contributed by atoms with Crippen LogP contribution in [-0.4, -0.2) is 21.0 Å². The fraction of sp³-hybridized carbons (Fsp3) is 0.308. The molecule has 2 rings (SSSR count). The zero-order valence-corrected chi connectivity index (χ0v) is 9.98. The molecule has 0 fully saturated rings. The number of hydrogen-bond donors (Lipinski definition) is 1. The second kappa shape index (κ2) is 5.27. The van der Waals surface area contributed by atoms with Crippen molar-refractivity contribution in [2.24, 2.45) is 7.05 Å². The Bertz CT molecular complexity index is 540. The predicted molar refractivity (Wildman–Crippen MR) is 63.0 cm³/mol. The summed E-state index contributed by atoms with van der Waals surface area (Å²) in [4.78, 5) is 0. The zero-order chi connectivity index (χ0) is 13.1. The molecule has 0 spiro atoms. The number of halogens is 2. The first-order valence-corrected chi connectivity index (χ1v) is 5.65. The summed E-state index contributed by atoms with van der Waals surface area (Å²) < 4.78 is 27.7. The quantitative estimate of drug-likeness (QED) is 0.901. The molecule has 1 atom stereocenters. The molecule has 0 amide bonds. The van der Waals surface area contributed by atoms with Crippen LogP contribution < -0.4 is 0 Å². The largest absolute Gasteiger partial charge is 0.392 e. The second-order valence-electron chi connectivity index (χ2n) is 4.28. The molecule has 1 heterocycles. The Balaban J connectivity index is 2.00. The smallest absolute Gasteiger partial charge is 0.129 e. The van der Waals surface area contributed by atoms with E-state index in [9.17, 15) is 13.9 Å². The topological polar surface area (TPSA) is 38.0 Å². The summed E-state index contributed by atoms with van der Waals surface area (Å²) >= 11 is 0. The molecule has 3 nitrogen and oxygen atoms in total. The summed E-state index contributed by atoms with van der Waals surface area (Å²) in [6.45, 7) is 0. The van der Waals surface area contributed by atoms with Crippen molar-refractivity contribution in [1.82, 2.24) is 9.78 Å². The summed E-state index contributed by atoms with van der Waals surface area (Å²) in [6.07, 6.45) is 1.53. The minimum Gasteiger partial charge on any atom is -0.392 e. The van der Waals surface area contributed by atoms with Crippen LogP contribution in [0.5, 0.6) is 0 Å². The lowest BCUT2D eigenvalue weighted by Crippen LogP contribution is -2.15. The Morgan fingerprint density at radius 3 is 2.67 bits per heavy atom. The first-order chi connectivity index (χ1) is 8.54. The van der Waals surface area contributed by atoms with Gasteiger partial charge in [0.15, 0.2) is 0 Å². The van der Waals surface area contributed by atoms with Gasteiger partial charge in [0.1, 0.15) is 11.6 Å². The highest BCUT2D eigenvalue weighted by Crippen LogP contribution is 2.13. The normalized spacial score (nSPS) is 12.7. The molecule has 1 aromatic heterocycles. The van der Waals surface area contributed by atoms with E-state index in [1.54, 1.807) is 24.0 Å². The Morgan fingerprint density at radius 2 is 2.06 bits per heavy atom. The van der Waals surface area contributed by atoms with Crippen LogP contribution in [0.1, 0.15) is 11.3 Å². The second-order valence-corrected chi connectivity index (χ2v) is 4.28. The molecule has 0 aliphatic heterocycles. The standard InChI is InChI=1S/C13H14F2N2O/c1-17-5-4-11(16-17)8-12(18)6-9-2-3-10(14)7-13(9)15/h2-5,7,12,18H,6,8H2,1H3. The van der Waals surface area contributed by atoms with Crippen LogP contribution in [0, 0.1) is 11.6 Å². The Labute approximate surface area is 104 Å². The fourth-order valence-electron chi connectivity index (χ4n) is 1.83. The van der Waals surface area contributed by atoms with Gasteiger partial charge in [-0.15, -0.1) is 0 Å². The molecule has 0 aliphatic rings. The maximum Gasteiger partial charge on any atom is 0.129 e. The highest BCUT2D eigenvalue weighted by Gasteiger charge is 2.12. The van der Waals surface area contributed by atoms with Crippen molar-refractivity contribution in [3.8, 4) is 0 Å². The number of aromatic nitrogens is 2. The molecule has 1 unspecified atom stereocenters. The Morgan fingerprint density at radius 1 is 1.28 bits per heavy atom. The van der Waals surface area contributed by atoms with Crippen LogP contribution in [0.25, 0.3) is 0 Å². The summed E-state index contributed by atoms with van der Waals surface area (Å²) in [5, 5.41) is 14.0. The lowest BCUT2D eigenvalue weighted by molar-refractivity contribution is 0.172. The fourth-order valence-corrected chi connectivity index (χ4v) is 1.83. The van der Waals surface area contributed by atoms with Crippen LogP contribution in [0.4, 0.5) is 8.78 Å². The van der Waals surface area contributed by atoms with E-state index in [0.29, 0.717) is 12.0 Å². The van der Waals surface area contributed by atoms with Crippen molar-refractivity contribution < 1.29 is 13.9 Å². The van der Waals surface area contributed by atoms with Crippen molar-refractivity contribution in [2.75, 3.05) is 0 Å². The molecule has 0 saturated heterocycles. The number of aliphatic hydroxyl groups is 1. The first-order valence-electron chi connectivity index (χ1n) is 5.65. The molecule has 0 aliphatic carbocycles. The SMILES string of the molecule is Cn1ccc(CC(O)Cc2ccc(F)cc2F)n1. The van der Waals surface area contributed by atoms with E-state index in [4.69, 9.17) is 0 Å². The van der Waals surface area contributed by atoms with E-state index < -0.39 is 17.7 Å². The first kappa shape index (κ1) is 12.7. The summed E-state index contributed by atoms with van der Waals surface area (Å²) in [5.41, 5.74) is 1.05. The van der Waals surface area contributed by atoms with Crippen molar-refractivity contribution >= 4 is 0 Å². The average molecular weight is 252 g/mol. The predicted octanol–water partition coefficient (Wildman–Crippen LogP) is 1.84. The number of benzene rings is 1. The number of aryl methyl sites for hydroxylation is 1. The van der Waals surface area contributed by atoms with E-state index in [0.717, 1.165) is 11.8 Å². The number of nitrogens with zero attached hydrogens (tertiary/aromatic N) is 2.